The summed E-state index contributed by atoms with van der Waals surface area (Å²) >= 11 is 3.36. The van der Waals surface area contributed by atoms with Crippen LogP contribution in [0.2, 0.25) is 0 Å². The van der Waals surface area contributed by atoms with Crippen molar-refractivity contribution in [2.45, 2.75) is 12.8 Å². The molecule has 2 aromatic rings. The fourth-order valence-electron chi connectivity index (χ4n) is 1.68. The Kier molecular flexibility index (Phi) is 5.68. The number of pyridine rings is 1. The highest BCUT2D eigenvalue weighted by Crippen LogP contribution is 2.18. The van der Waals surface area contributed by atoms with E-state index in [2.05, 4.69) is 26.2 Å². The third kappa shape index (κ3) is 5.51. The normalized spacial score (nSPS) is 10.2. The maximum absolute atomic E-state index is 12.9. The Bertz CT molecular complexity index is 622. The quantitative estimate of drug-likeness (QED) is 0.635. The van der Waals surface area contributed by atoms with Crippen LogP contribution >= 0.6 is 15.9 Å². The van der Waals surface area contributed by atoms with Crippen molar-refractivity contribution in [2.75, 3.05) is 11.9 Å². The number of anilines is 1. The number of nitrogens with one attached hydrogen (secondary N) is 1. The maximum atomic E-state index is 12.9. The lowest BCUT2D eigenvalue weighted by Gasteiger charge is -2.07. The lowest BCUT2D eigenvalue weighted by atomic mass is 10.3. The van der Waals surface area contributed by atoms with Gasteiger partial charge in [0.05, 0.1) is 6.61 Å². The van der Waals surface area contributed by atoms with Crippen molar-refractivity contribution < 1.29 is 13.9 Å². The molecule has 2 rings (SSSR count). The number of rotatable bonds is 6. The van der Waals surface area contributed by atoms with Crippen molar-refractivity contribution in [3.05, 3.63) is 53.0 Å². The van der Waals surface area contributed by atoms with E-state index in [4.69, 9.17) is 4.74 Å². The molecule has 1 aromatic carbocycles. The van der Waals surface area contributed by atoms with E-state index in [0.29, 0.717) is 25.1 Å². The summed E-state index contributed by atoms with van der Waals surface area (Å²) in [6.07, 6.45) is 2.19. The van der Waals surface area contributed by atoms with Gasteiger partial charge in [0.15, 0.2) is 0 Å². The molecule has 0 saturated carbocycles. The number of amides is 1. The molecule has 0 bridgehead atoms. The van der Waals surface area contributed by atoms with Crippen molar-refractivity contribution >= 4 is 27.5 Å². The lowest BCUT2D eigenvalue weighted by Crippen LogP contribution is -2.13. The van der Waals surface area contributed by atoms with E-state index in [9.17, 15) is 9.18 Å². The van der Waals surface area contributed by atoms with Crippen molar-refractivity contribution in [1.82, 2.24) is 4.98 Å². The van der Waals surface area contributed by atoms with Crippen LogP contribution in [0.1, 0.15) is 12.8 Å². The third-order valence-corrected chi connectivity index (χ3v) is 3.12. The number of halogens is 2. The van der Waals surface area contributed by atoms with Crippen LogP contribution in [0.25, 0.3) is 0 Å². The van der Waals surface area contributed by atoms with Gasteiger partial charge >= 0.3 is 0 Å². The highest BCUT2D eigenvalue weighted by atomic mass is 79.9. The first-order valence-corrected chi connectivity index (χ1v) is 7.22. The Balaban J connectivity index is 1.70. The summed E-state index contributed by atoms with van der Waals surface area (Å²) in [5.41, 5.74) is 0.403. The van der Waals surface area contributed by atoms with Gasteiger partial charge in [0.25, 0.3) is 0 Å². The van der Waals surface area contributed by atoms with Crippen LogP contribution in [0.15, 0.2) is 47.1 Å². The van der Waals surface area contributed by atoms with Gasteiger partial charge in [-0.15, -0.1) is 0 Å². The second-order valence-corrected chi connectivity index (χ2v) is 5.24. The van der Waals surface area contributed by atoms with Crippen LogP contribution in [0.5, 0.6) is 5.75 Å². The number of ether oxygens (including phenoxy) is 1. The minimum absolute atomic E-state index is 0.182. The number of hydrogen-bond donors (Lipinski definition) is 1. The lowest BCUT2D eigenvalue weighted by molar-refractivity contribution is -0.116. The summed E-state index contributed by atoms with van der Waals surface area (Å²) in [4.78, 5) is 15.1. The Morgan fingerprint density at radius 3 is 2.95 bits per heavy atom. The van der Waals surface area contributed by atoms with Gasteiger partial charge in [0.2, 0.25) is 11.9 Å². The predicted molar refractivity (Wildman–Crippen MR) is 81.7 cm³/mol. The number of carbonyl (C=O) groups is 1. The van der Waals surface area contributed by atoms with E-state index in [0.717, 1.165) is 10.2 Å². The zero-order valence-corrected chi connectivity index (χ0v) is 12.8. The zero-order chi connectivity index (χ0) is 15.1. The smallest absolute Gasteiger partial charge is 0.224 e. The summed E-state index contributed by atoms with van der Waals surface area (Å²) in [5, 5.41) is 2.61. The van der Waals surface area contributed by atoms with Gasteiger partial charge in [0, 0.05) is 28.8 Å². The average molecular weight is 353 g/mol. The second kappa shape index (κ2) is 7.73. The number of hydrogen-bond acceptors (Lipinski definition) is 3. The SMILES string of the molecule is O=C(CCCOc1cccc(Br)c1)Nc1ccnc(F)c1. The summed E-state index contributed by atoms with van der Waals surface area (Å²) < 4.78 is 19.3. The zero-order valence-electron chi connectivity index (χ0n) is 11.2. The molecule has 0 fully saturated rings. The van der Waals surface area contributed by atoms with Crippen molar-refractivity contribution in [1.29, 1.82) is 0 Å². The molecule has 1 N–H and O–H groups in total. The molecule has 1 heterocycles. The molecule has 0 aliphatic heterocycles. The minimum Gasteiger partial charge on any atom is -0.494 e. The molecule has 0 aliphatic rings. The van der Waals surface area contributed by atoms with Crippen LogP contribution in [-0.2, 0) is 4.79 Å². The van der Waals surface area contributed by atoms with E-state index in [1.54, 1.807) is 6.07 Å². The van der Waals surface area contributed by atoms with Crippen LogP contribution in [0.3, 0.4) is 0 Å². The molecule has 21 heavy (non-hydrogen) atoms. The Morgan fingerprint density at radius 2 is 2.19 bits per heavy atom. The Hall–Kier alpha value is -1.95. The summed E-state index contributed by atoms with van der Waals surface area (Å²) in [6, 6.07) is 10.2. The maximum Gasteiger partial charge on any atom is 0.224 e. The molecular formula is C15H14BrFN2O2. The summed E-state index contributed by atoms with van der Waals surface area (Å²) in [6.45, 7) is 0.439. The highest BCUT2D eigenvalue weighted by molar-refractivity contribution is 9.10. The van der Waals surface area contributed by atoms with Gasteiger partial charge in [-0.3, -0.25) is 4.79 Å². The molecule has 1 amide bonds. The molecule has 0 saturated heterocycles. The number of aromatic nitrogens is 1. The van der Waals surface area contributed by atoms with Gasteiger partial charge in [0.1, 0.15) is 5.75 Å². The highest BCUT2D eigenvalue weighted by Gasteiger charge is 2.04. The number of nitrogens with zero attached hydrogens (tertiary/aromatic N) is 1. The molecule has 0 atom stereocenters. The largest absolute Gasteiger partial charge is 0.494 e. The number of carbonyl (C=O) groups excluding carboxylic acids is 1. The molecular weight excluding hydrogens is 339 g/mol. The van der Waals surface area contributed by atoms with Gasteiger partial charge in [-0.25, -0.2) is 4.98 Å². The molecule has 1 aromatic heterocycles. The van der Waals surface area contributed by atoms with E-state index in [1.807, 2.05) is 24.3 Å². The third-order valence-electron chi connectivity index (χ3n) is 2.62. The first-order chi connectivity index (χ1) is 10.1. The molecule has 6 heteroatoms. The van der Waals surface area contributed by atoms with E-state index in [1.165, 1.54) is 12.3 Å². The molecule has 110 valence electrons. The fourth-order valence-corrected chi connectivity index (χ4v) is 2.06. The molecule has 0 radical (unpaired) electrons. The van der Waals surface area contributed by atoms with Crippen LogP contribution in [0.4, 0.5) is 10.1 Å². The van der Waals surface area contributed by atoms with Crippen LogP contribution in [-0.4, -0.2) is 17.5 Å². The monoisotopic (exact) mass is 352 g/mol. The van der Waals surface area contributed by atoms with Crippen LogP contribution < -0.4 is 10.1 Å². The minimum atomic E-state index is -0.620. The molecule has 0 spiro atoms. The first-order valence-electron chi connectivity index (χ1n) is 6.43. The molecule has 4 nitrogen and oxygen atoms in total. The van der Waals surface area contributed by atoms with E-state index >= 15 is 0 Å². The average Bonchev–Trinajstić information content (AvgIpc) is 2.44. The number of benzene rings is 1. The Morgan fingerprint density at radius 1 is 1.33 bits per heavy atom. The van der Waals surface area contributed by atoms with E-state index < -0.39 is 5.95 Å². The van der Waals surface area contributed by atoms with Gasteiger partial charge in [-0.1, -0.05) is 22.0 Å². The van der Waals surface area contributed by atoms with Crippen molar-refractivity contribution in [3.8, 4) is 5.75 Å². The van der Waals surface area contributed by atoms with Crippen LogP contribution in [0, 0.1) is 5.95 Å². The van der Waals surface area contributed by atoms with Crippen molar-refractivity contribution in [2.24, 2.45) is 0 Å². The van der Waals surface area contributed by atoms with Crippen molar-refractivity contribution in [3.63, 3.8) is 0 Å². The van der Waals surface area contributed by atoms with Gasteiger partial charge < -0.3 is 10.1 Å². The second-order valence-electron chi connectivity index (χ2n) is 4.32. The summed E-state index contributed by atoms with van der Waals surface area (Å²) in [7, 11) is 0. The first kappa shape index (κ1) is 15.4. The summed E-state index contributed by atoms with van der Waals surface area (Å²) in [5.74, 6) is -0.0507. The Labute approximate surface area is 130 Å². The molecule has 0 unspecified atom stereocenters. The standard InChI is InChI=1S/C15H14BrFN2O2/c16-11-3-1-4-13(9-11)21-8-2-5-15(20)19-12-6-7-18-14(17)10-12/h1,3-4,6-7,9-10H,2,5,8H2,(H,18,19,20). The molecule has 0 aliphatic carbocycles. The fraction of sp³-hybridized carbons (Fsp3) is 0.200. The van der Waals surface area contributed by atoms with E-state index in [-0.39, 0.29) is 5.91 Å². The topological polar surface area (TPSA) is 51.2 Å². The van der Waals surface area contributed by atoms with Gasteiger partial charge in [-0.05, 0) is 30.7 Å². The predicted octanol–water partition coefficient (Wildman–Crippen LogP) is 3.78. The van der Waals surface area contributed by atoms with Gasteiger partial charge in [-0.2, -0.15) is 4.39 Å².